The summed E-state index contributed by atoms with van der Waals surface area (Å²) in [5.74, 6) is 1.47. The Bertz CT molecular complexity index is 942. The first kappa shape index (κ1) is 24.5. The van der Waals surface area contributed by atoms with E-state index in [0.717, 1.165) is 23.5 Å². The van der Waals surface area contributed by atoms with Crippen LogP contribution in [0, 0.1) is 6.92 Å². The number of nitrogens with zero attached hydrogens (tertiary/aromatic N) is 3. The van der Waals surface area contributed by atoms with Crippen molar-refractivity contribution in [1.82, 2.24) is 14.9 Å². The van der Waals surface area contributed by atoms with Gasteiger partial charge in [0.15, 0.2) is 11.6 Å². The Balaban J connectivity index is 1.59. The van der Waals surface area contributed by atoms with Crippen molar-refractivity contribution in [1.29, 1.82) is 0 Å². The molecular formula is C25H34FN5O2. The standard InChI is InChI=1S/C25H34FN5O2/c1-5-20(16-23(32-4)19(3)26)28-24-18(2)17-27-25(30-24)29-21-8-10-22(11-9-21)33-15-14-31-12-6-7-13-31/h8-11,16-17,20H,3,5-7,12-15H2,1-2,4H3,(H2,27,28,29,30)/b23-16+. The van der Waals surface area contributed by atoms with Crippen LogP contribution >= 0.6 is 0 Å². The van der Waals surface area contributed by atoms with Gasteiger partial charge in [0, 0.05) is 30.0 Å². The zero-order chi connectivity index (χ0) is 23.6. The van der Waals surface area contributed by atoms with Crippen LogP contribution in [0.5, 0.6) is 5.75 Å². The van der Waals surface area contributed by atoms with E-state index in [9.17, 15) is 4.39 Å². The molecule has 2 heterocycles. The van der Waals surface area contributed by atoms with Gasteiger partial charge in [0.2, 0.25) is 5.95 Å². The molecule has 2 aromatic rings. The second kappa shape index (κ2) is 12.2. The monoisotopic (exact) mass is 455 g/mol. The molecule has 1 aliphatic heterocycles. The molecule has 0 bridgehead atoms. The second-order valence-corrected chi connectivity index (χ2v) is 8.07. The number of nitrogens with one attached hydrogen (secondary N) is 2. The first-order valence-electron chi connectivity index (χ1n) is 11.4. The van der Waals surface area contributed by atoms with Crippen LogP contribution in [-0.4, -0.2) is 54.3 Å². The number of aryl methyl sites for hydroxylation is 1. The van der Waals surface area contributed by atoms with Crippen molar-refractivity contribution >= 4 is 17.5 Å². The summed E-state index contributed by atoms with van der Waals surface area (Å²) < 4.78 is 24.4. The molecule has 0 spiro atoms. The van der Waals surface area contributed by atoms with E-state index in [0.29, 0.717) is 24.8 Å². The average Bonchev–Trinajstić information content (AvgIpc) is 3.33. The second-order valence-electron chi connectivity index (χ2n) is 8.07. The third kappa shape index (κ3) is 7.46. The zero-order valence-electron chi connectivity index (χ0n) is 19.7. The van der Waals surface area contributed by atoms with Gasteiger partial charge in [0.05, 0.1) is 7.11 Å². The van der Waals surface area contributed by atoms with Crippen LogP contribution in [0.3, 0.4) is 0 Å². The van der Waals surface area contributed by atoms with Gasteiger partial charge in [-0.15, -0.1) is 0 Å². The molecule has 1 aromatic heterocycles. The number of hydrogen-bond donors (Lipinski definition) is 2. The van der Waals surface area contributed by atoms with Crippen LogP contribution in [0.25, 0.3) is 0 Å². The summed E-state index contributed by atoms with van der Waals surface area (Å²) in [5, 5.41) is 6.54. The van der Waals surface area contributed by atoms with E-state index in [1.807, 2.05) is 38.1 Å². The van der Waals surface area contributed by atoms with Gasteiger partial charge in [-0.2, -0.15) is 4.98 Å². The molecule has 3 rings (SSSR count). The first-order valence-corrected chi connectivity index (χ1v) is 11.4. The number of rotatable bonds is 12. The van der Waals surface area contributed by atoms with Gasteiger partial charge in [-0.1, -0.05) is 13.5 Å². The minimum absolute atomic E-state index is 0.113. The van der Waals surface area contributed by atoms with E-state index in [1.54, 1.807) is 12.3 Å². The van der Waals surface area contributed by atoms with E-state index < -0.39 is 5.83 Å². The predicted octanol–water partition coefficient (Wildman–Crippen LogP) is 5.21. The number of likely N-dealkylation sites (tertiary alicyclic amines) is 1. The molecule has 1 unspecified atom stereocenters. The molecule has 1 fully saturated rings. The molecule has 178 valence electrons. The van der Waals surface area contributed by atoms with Crippen LogP contribution in [0.2, 0.25) is 0 Å². The van der Waals surface area contributed by atoms with Crippen molar-refractivity contribution in [2.24, 2.45) is 0 Å². The SMILES string of the molecule is C=C(F)/C(=C\C(CC)Nc1nc(Nc2ccc(OCCN3CCCC3)cc2)ncc1C)OC. The van der Waals surface area contributed by atoms with Gasteiger partial charge in [-0.05, 0) is 69.6 Å². The van der Waals surface area contributed by atoms with Crippen LogP contribution in [0.1, 0.15) is 31.7 Å². The number of aromatic nitrogens is 2. The van der Waals surface area contributed by atoms with Gasteiger partial charge >= 0.3 is 0 Å². The van der Waals surface area contributed by atoms with Crippen molar-refractivity contribution < 1.29 is 13.9 Å². The van der Waals surface area contributed by atoms with Gasteiger partial charge in [0.1, 0.15) is 18.2 Å². The Morgan fingerprint density at radius 2 is 2.00 bits per heavy atom. The fourth-order valence-corrected chi connectivity index (χ4v) is 3.60. The van der Waals surface area contributed by atoms with Crippen molar-refractivity contribution in [3.8, 4) is 5.75 Å². The largest absolute Gasteiger partial charge is 0.494 e. The summed E-state index contributed by atoms with van der Waals surface area (Å²) in [4.78, 5) is 11.4. The molecular weight excluding hydrogens is 421 g/mol. The summed E-state index contributed by atoms with van der Waals surface area (Å²) in [6, 6.07) is 7.58. The summed E-state index contributed by atoms with van der Waals surface area (Å²) in [6.07, 6.45) is 6.70. The average molecular weight is 456 g/mol. The van der Waals surface area contributed by atoms with E-state index >= 15 is 0 Å². The van der Waals surface area contributed by atoms with Gasteiger partial charge in [-0.25, -0.2) is 9.37 Å². The summed E-state index contributed by atoms with van der Waals surface area (Å²) in [6.45, 7) is 11.2. The normalized spacial score (nSPS) is 15.2. The number of halogens is 1. The van der Waals surface area contributed by atoms with Gasteiger partial charge in [-0.3, -0.25) is 4.90 Å². The predicted molar refractivity (Wildman–Crippen MR) is 131 cm³/mol. The molecule has 0 amide bonds. The minimum atomic E-state index is -0.608. The zero-order valence-corrected chi connectivity index (χ0v) is 19.7. The lowest BCUT2D eigenvalue weighted by atomic mass is 10.2. The van der Waals surface area contributed by atoms with Crippen LogP contribution in [-0.2, 0) is 4.74 Å². The fraction of sp³-hybridized carbons (Fsp3) is 0.440. The molecule has 1 atom stereocenters. The summed E-state index contributed by atoms with van der Waals surface area (Å²) in [7, 11) is 1.42. The van der Waals surface area contributed by atoms with Crippen LogP contribution < -0.4 is 15.4 Å². The Morgan fingerprint density at radius 3 is 2.64 bits per heavy atom. The smallest absolute Gasteiger partial charge is 0.229 e. The van der Waals surface area contributed by atoms with Crippen molar-refractivity contribution in [3.05, 3.63) is 60.3 Å². The number of benzene rings is 1. The molecule has 1 aliphatic rings. The Hall–Kier alpha value is -3.13. The van der Waals surface area contributed by atoms with Crippen LogP contribution in [0.4, 0.5) is 21.8 Å². The molecule has 8 heteroatoms. The van der Waals surface area contributed by atoms with E-state index in [2.05, 4.69) is 32.1 Å². The fourth-order valence-electron chi connectivity index (χ4n) is 3.60. The van der Waals surface area contributed by atoms with Crippen LogP contribution in [0.15, 0.2) is 54.7 Å². The van der Waals surface area contributed by atoms with E-state index in [-0.39, 0.29) is 11.8 Å². The number of ether oxygens (including phenoxy) is 2. The molecule has 33 heavy (non-hydrogen) atoms. The quantitative estimate of drug-likeness (QED) is 0.336. The highest BCUT2D eigenvalue weighted by molar-refractivity contribution is 5.57. The maximum Gasteiger partial charge on any atom is 0.229 e. The molecule has 7 nitrogen and oxygen atoms in total. The highest BCUT2D eigenvalue weighted by Crippen LogP contribution is 2.22. The highest BCUT2D eigenvalue weighted by atomic mass is 19.1. The van der Waals surface area contributed by atoms with Gasteiger partial charge < -0.3 is 20.1 Å². The third-order valence-corrected chi connectivity index (χ3v) is 5.56. The first-order chi connectivity index (χ1) is 16.0. The van der Waals surface area contributed by atoms with E-state index in [1.165, 1.54) is 33.0 Å². The maximum absolute atomic E-state index is 13.5. The Morgan fingerprint density at radius 1 is 1.27 bits per heavy atom. The summed E-state index contributed by atoms with van der Waals surface area (Å²) in [5.41, 5.74) is 1.74. The lowest BCUT2D eigenvalue weighted by molar-refractivity contribution is 0.238. The Kier molecular flexibility index (Phi) is 9.06. The molecule has 1 saturated heterocycles. The maximum atomic E-state index is 13.5. The third-order valence-electron chi connectivity index (χ3n) is 5.56. The minimum Gasteiger partial charge on any atom is -0.494 e. The number of anilines is 3. The molecule has 2 N–H and O–H groups in total. The number of hydrogen-bond acceptors (Lipinski definition) is 7. The summed E-state index contributed by atoms with van der Waals surface area (Å²) >= 11 is 0. The number of methoxy groups -OCH3 is 1. The highest BCUT2D eigenvalue weighted by Gasteiger charge is 2.13. The Labute approximate surface area is 195 Å². The molecule has 0 saturated carbocycles. The lowest BCUT2D eigenvalue weighted by Crippen LogP contribution is -2.25. The van der Waals surface area contributed by atoms with E-state index in [4.69, 9.17) is 9.47 Å². The van der Waals surface area contributed by atoms with Gasteiger partial charge in [0.25, 0.3) is 0 Å². The van der Waals surface area contributed by atoms with Crippen molar-refractivity contribution in [2.45, 2.75) is 39.2 Å². The topological polar surface area (TPSA) is 71.5 Å². The molecule has 0 aliphatic carbocycles. The molecule has 1 aromatic carbocycles. The van der Waals surface area contributed by atoms with Crippen molar-refractivity contribution in [2.75, 3.05) is 44.0 Å². The lowest BCUT2D eigenvalue weighted by Gasteiger charge is -2.17. The molecule has 0 radical (unpaired) electrons. The number of allylic oxidation sites excluding steroid dienone is 1. The van der Waals surface area contributed by atoms with Crippen molar-refractivity contribution in [3.63, 3.8) is 0 Å².